The highest BCUT2D eigenvalue weighted by molar-refractivity contribution is 6.30. The summed E-state index contributed by atoms with van der Waals surface area (Å²) in [5.41, 5.74) is -1.25. The van der Waals surface area contributed by atoms with Crippen molar-refractivity contribution >= 4 is 35.2 Å². The number of pyridine rings is 1. The topological polar surface area (TPSA) is 109 Å². The number of esters is 1. The maximum atomic E-state index is 13.5. The van der Waals surface area contributed by atoms with Crippen molar-refractivity contribution in [2.24, 2.45) is 0 Å². The zero-order valence-electron chi connectivity index (χ0n) is 19.6. The van der Waals surface area contributed by atoms with Crippen LogP contribution in [0.4, 0.5) is 10.2 Å². The molecule has 35 heavy (non-hydrogen) atoms. The van der Waals surface area contributed by atoms with Crippen LogP contribution in [0.1, 0.15) is 48.7 Å². The van der Waals surface area contributed by atoms with E-state index in [2.05, 4.69) is 0 Å². The van der Waals surface area contributed by atoms with Crippen LogP contribution in [-0.2, 0) is 32.8 Å². The Morgan fingerprint density at radius 3 is 2.63 bits per heavy atom. The van der Waals surface area contributed by atoms with Crippen LogP contribution in [0.5, 0.6) is 5.75 Å². The second-order valence-electron chi connectivity index (χ2n) is 9.10. The number of rotatable bonds is 6. The first kappa shape index (κ1) is 24.7. The second-order valence-corrected chi connectivity index (χ2v) is 9.51. The number of fused-ring (bicyclic) bond motifs is 3. The highest BCUT2D eigenvalue weighted by Crippen LogP contribution is 2.41. The maximum absolute atomic E-state index is 13.5. The van der Waals surface area contributed by atoms with Crippen molar-refractivity contribution in [1.29, 1.82) is 0 Å². The summed E-state index contributed by atoms with van der Waals surface area (Å²) in [6.07, 6.45) is 0.611. The number of amides is 2. The van der Waals surface area contributed by atoms with Crippen molar-refractivity contribution in [3.05, 3.63) is 56.1 Å². The molecule has 2 aliphatic heterocycles. The molecule has 0 fully saturated rings. The van der Waals surface area contributed by atoms with E-state index in [0.717, 1.165) is 0 Å². The van der Waals surface area contributed by atoms with Gasteiger partial charge in [-0.25, -0.2) is 4.39 Å². The van der Waals surface area contributed by atoms with Crippen molar-refractivity contribution in [2.45, 2.75) is 45.7 Å². The summed E-state index contributed by atoms with van der Waals surface area (Å²) < 4.78 is 19.7. The first-order valence-electron chi connectivity index (χ1n) is 11.1. The average molecular weight is 506 g/mol. The van der Waals surface area contributed by atoms with Crippen LogP contribution in [0.2, 0.25) is 5.02 Å². The van der Waals surface area contributed by atoms with Gasteiger partial charge in [0.15, 0.2) is 5.75 Å². The average Bonchev–Trinajstić information content (AvgIpc) is 2.99. The Morgan fingerprint density at radius 2 is 1.97 bits per heavy atom. The summed E-state index contributed by atoms with van der Waals surface area (Å²) in [7, 11) is 0. The number of anilines is 1. The van der Waals surface area contributed by atoms with Crippen molar-refractivity contribution in [2.75, 3.05) is 24.6 Å². The Kier molecular flexibility index (Phi) is 6.35. The largest absolute Gasteiger partial charge is 0.502 e. The lowest BCUT2D eigenvalue weighted by atomic mass is 9.97. The quantitative estimate of drug-likeness (QED) is 0.477. The molecule has 11 heteroatoms. The van der Waals surface area contributed by atoms with E-state index < -0.39 is 34.5 Å². The smallest absolute Gasteiger partial charge is 0.302 e. The highest BCUT2D eigenvalue weighted by Gasteiger charge is 2.48. The molecule has 0 saturated heterocycles. The summed E-state index contributed by atoms with van der Waals surface area (Å²) in [6, 6.07) is 4.13. The fraction of sp³-hybridized carbons (Fsp3) is 0.417. The van der Waals surface area contributed by atoms with E-state index in [0.29, 0.717) is 17.5 Å². The third kappa shape index (κ3) is 4.16. The molecule has 0 aliphatic carbocycles. The van der Waals surface area contributed by atoms with Crippen LogP contribution in [0, 0.1) is 5.82 Å². The normalized spacial score (nSPS) is 16.4. The van der Waals surface area contributed by atoms with Gasteiger partial charge in [0.05, 0.1) is 17.2 Å². The molecule has 2 amide bonds. The van der Waals surface area contributed by atoms with E-state index in [4.69, 9.17) is 16.3 Å². The molecule has 2 aromatic rings. The monoisotopic (exact) mass is 505 g/mol. The van der Waals surface area contributed by atoms with Gasteiger partial charge in [0.2, 0.25) is 0 Å². The lowest BCUT2D eigenvalue weighted by Crippen LogP contribution is -2.42. The van der Waals surface area contributed by atoms with E-state index >= 15 is 0 Å². The van der Waals surface area contributed by atoms with Crippen LogP contribution in [0.3, 0.4) is 0 Å². The zero-order valence-corrected chi connectivity index (χ0v) is 20.3. The number of nitrogens with zero attached hydrogens (tertiary/aromatic N) is 3. The van der Waals surface area contributed by atoms with Gasteiger partial charge >= 0.3 is 5.97 Å². The van der Waals surface area contributed by atoms with E-state index in [9.17, 15) is 28.7 Å². The highest BCUT2D eigenvalue weighted by atomic mass is 35.5. The minimum Gasteiger partial charge on any atom is -0.502 e. The SMILES string of the molecule is CC(=O)OCCCN1C(=O)C(C)(C)n2c1c1c(c(O)c2=O)C(=O)N(Cc2ccc(F)c(Cl)c2)CC1. The van der Waals surface area contributed by atoms with Gasteiger partial charge < -0.3 is 14.7 Å². The first-order valence-corrected chi connectivity index (χ1v) is 11.5. The fourth-order valence-corrected chi connectivity index (χ4v) is 4.86. The van der Waals surface area contributed by atoms with E-state index in [-0.39, 0.29) is 55.0 Å². The molecule has 1 aromatic carbocycles. The van der Waals surface area contributed by atoms with Gasteiger partial charge in [-0.3, -0.25) is 28.6 Å². The molecule has 0 saturated carbocycles. The van der Waals surface area contributed by atoms with E-state index in [1.807, 2.05) is 0 Å². The molecule has 9 nitrogen and oxygen atoms in total. The van der Waals surface area contributed by atoms with Crippen molar-refractivity contribution in [3.8, 4) is 5.75 Å². The molecule has 186 valence electrons. The van der Waals surface area contributed by atoms with Crippen molar-refractivity contribution in [1.82, 2.24) is 9.47 Å². The van der Waals surface area contributed by atoms with Gasteiger partial charge in [0.1, 0.15) is 17.2 Å². The molecule has 2 aliphatic rings. The summed E-state index contributed by atoms with van der Waals surface area (Å²) in [4.78, 5) is 53.7. The van der Waals surface area contributed by atoms with E-state index in [1.54, 1.807) is 13.8 Å². The maximum Gasteiger partial charge on any atom is 0.302 e. The molecule has 0 radical (unpaired) electrons. The number of carbonyl (C=O) groups is 3. The zero-order chi connectivity index (χ0) is 25.7. The minimum absolute atomic E-state index is 0.0728. The number of benzene rings is 1. The minimum atomic E-state index is -1.27. The molecular formula is C24H25ClFN3O6. The van der Waals surface area contributed by atoms with Gasteiger partial charge in [0.25, 0.3) is 17.4 Å². The summed E-state index contributed by atoms with van der Waals surface area (Å²) >= 11 is 5.86. The predicted molar refractivity (Wildman–Crippen MR) is 125 cm³/mol. The number of hydrogen-bond donors (Lipinski definition) is 1. The Balaban J connectivity index is 1.72. The van der Waals surface area contributed by atoms with Gasteiger partial charge in [-0.2, -0.15) is 0 Å². The van der Waals surface area contributed by atoms with Crippen LogP contribution < -0.4 is 10.5 Å². The Morgan fingerprint density at radius 1 is 1.26 bits per heavy atom. The number of aromatic hydroxyl groups is 1. The summed E-state index contributed by atoms with van der Waals surface area (Å²) in [5.74, 6) is -2.38. The van der Waals surface area contributed by atoms with Crippen LogP contribution in [0.25, 0.3) is 0 Å². The molecule has 0 unspecified atom stereocenters. The van der Waals surface area contributed by atoms with Crippen molar-refractivity contribution in [3.63, 3.8) is 0 Å². The first-order chi connectivity index (χ1) is 16.4. The third-order valence-electron chi connectivity index (χ3n) is 6.33. The molecule has 0 bridgehead atoms. The summed E-state index contributed by atoms with van der Waals surface area (Å²) in [5, 5.41) is 10.7. The van der Waals surface area contributed by atoms with Gasteiger partial charge in [-0.15, -0.1) is 0 Å². The standard InChI is InChI=1S/C24H25ClFN3O6/c1-13(30)35-10-4-8-28-20-15-7-9-27(12-14-5-6-17(26)16(25)11-14)21(32)18(15)19(31)22(33)29(20)24(2,3)23(28)34/h5-6,11,31H,4,7-10,12H2,1-3H3. The lowest BCUT2D eigenvalue weighted by Gasteiger charge is -2.31. The van der Waals surface area contributed by atoms with Gasteiger partial charge in [-0.1, -0.05) is 17.7 Å². The molecule has 0 spiro atoms. The van der Waals surface area contributed by atoms with Gasteiger partial charge in [0, 0.05) is 32.1 Å². The molecule has 0 atom stereocenters. The third-order valence-corrected chi connectivity index (χ3v) is 6.62. The number of hydrogen-bond acceptors (Lipinski definition) is 6. The van der Waals surface area contributed by atoms with Gasteiger partial charge in [-0.05, 0) is 44.4 Å². The Hall–Kier alpha value is -3.40. The van der Waals surface area contributed by atoms with Crippen LogP contribution >= 0.6 is 11.6 Å². The summed E-state index contributed by atoms with van der Waals surface area (Å²) in [6.45, 7) is 5.05. The molecule has 1 aromatic heterocycles. The number of halogens is 2. The Labute approximate surface area is 205 Å². The molecule has 3 heterocycles. The van der Waals surface area contributed by atoms with E-state index in [1.165, 1.54) is 39.5 Å². The van der Waals surface area contributed by atoms with Crippen molar-refractivity contribution < 1.29 is 28.6 Å². The molecular weight excluding hydrogens is 481 g/mol. The second kappa shape index (κ2) is 8.99. The van der Waals surface area contributed by atoms with Crippen LogP contribution in [-0.4, -0.2) is 52.1 Å². The fourth-order valence-electron chi connectivity index (χ4n) is 4.65. The van der Waals surface area contributed by atoms with Crippen LogP contribution in [0.15, 0.2) is 23.0 Å². The number of carbonyl (C=O) groups excluding carboxylic acids is 3. The Bertz CT molecular complexity index is 1310. The molecule has 4 rings (SSSR count). The number of aromatic nitrogens is 1. The lowest BCUT2D eigenvalue weighted by molar-refractivity contribution is -0.140. The molecule has 1 N–H and O–H groups in total. The predicted octanol–water partition coefficient (Wildman–Crippen LogP) is 2.58. The number of ether oxygens (including phenoxy) is 1.